The Morgan fingerprint density at radius 2 is 1.78 bits per heavy atom. The van der Waals surface area contributed by atoms with Gasteiger partial charge in [-0.25, -0.2) is 0 Å². The molecule has 1 aromatic heterocycles. The molecule has 0 bridgehead atoms. The fourth-order valence-electron chi connectivity index (χ4n) is 4.13. The molecule has 4 rings (SSSR count). The third kappa shape index (κ3) is 5.20. The van der Waals surface area contributed by atoms with Crippen molar-refractivity contribution in [2.45, 2.75) is 32.1 Å². The topological polar surface area (TPSA) is 115 Å². The monoisotopic (exact) mass is 492 g/mol. The largest absolute Gasteiger partial charge is 0.391 e. The second kappa shape index (κ2) is 9.55. The van der Waals surface area contributed by atoms with E-state index in [1.54, 1.807) is 24.3 Å². The second-order valence-electron chi connectivity index (χ2n) is 8.38. The highest BCUT2D eigenvalue weighted by Crippen LogP contribution is 2.36. The average Bonchev–Trinajstić information content (AvgIpc) is 3.27. The zero-order chi connectivity index (χ0) is 26.0. The molecule has 1 atom stereocenters. The molecule has 1 aliphatic heterocycles. The quantitative estimate of drug-likeness (QED) is 0.567. The Bertz CT molecular complexity index is 1410. The van der Waals surface area contributed by atoms with Gasteiger partial charge in [-0.05, 0) is 42.0 Å². The number of nitrogens with one attached hydrogen (secondary N) is 1. The van der Waals surface area contributed by atoms with Crippen molar-refractivity contribution in [1.29, 1.82) is 10.5 Å². The number of benzene rings is 2. The van der Waals surface area contributed by atoms with Gasteiger partial charge in [0.25, 0.3) is 5.91 Å². The van der Waals surface area contributed by atoms with Gasteiger partial charge in [-0.15, -0.1) is 0 Å². The van der Waals surface area contributed by atoms with Crippen molar-refractivity contribution < 1.29 is 22.8 Å². The fraction of sp³-hybridized carbons (Fsp3) is 0.240. The number of carbonyl (C=O) groups excluding carboxylic acids is 2. The molecule has 1 unspecified atom stereocenters. The van der Waals surface area contributed by atoms with E-state index in [1.165, 1.54) is 36.1 Å². The fourth-order valence-corrected chi connectivity index (χ4v) is 4.13. The molecule has 0 saturated heterocycles. The van der Waals surface area contributed by atoms with E-state index in [4.69, 9.17) is 5.26 Å². The van der Waals surface area contributed by atoms with Crippen molar-refractivity contribution in [1.82, 2.24) is 14.7 Å². The van der Waals surface area contributed by atoms with E-state index in [0.29, 0.717) is 16.7 Å². The van der Waals surface area contributed by atoms with Crippen molar-refractivity contribution in [2.75, 3.05) is 11.9 Å². The Hall–Kier alpha value is -4.64. The molecule has 1 N–H and O–H groups in total. The van der Waals surface area contributed by atoms with Crippen LogP contribution in [0.4, 0.5) is 18.9 Å². The first kappa shape index (κ1) is 24.5. The van der Waals surface area contributed by atoms with E-state index >= 15 is 0 Å². The number of halogens is 3. The summed E-state index contributed by atoms with van der Waals surface area (Å²) in [5.41, 5.74) is 2.16. The lowest BCUT2D eigenvalue weighted by Crippen LogP contribution is -2.44. The molecule has 36 heavy (non-hydrogen) atoms. The molecule has 3 aromatic rings. The molecule has 0 saturated carbocycles. The Labute approximate surface area is 204 Å². The van der Waals surface area contributed by atoms with Gasteiger partial charge in [0.1, 0.15) is 5.69 Å². The number of carbonyl (C=O) groups is 2. The minimum atomic E-state index is -4.50. The number of hydrogen-bond acceptors (Lipinski definition) is 5. The maximum Gasteiger partial charge on any atom is 0.391 e. The summed E-state index contributed by atoms with van der Waals surface area (Å²) in [7, 11) is 0. The molecule has 182 valence electrons. The number of nitrogens with zero attached hydrogens (tertiary/aromatic N) is 5. The lowest BCUT2D eigenvalue weighted by Gasteiger charge is -2.34. The molecule has 0 fully saturated rings. The van der Waals surface area contributed by atoms with E-state index in [1.807, 2.05) is 12.1 Å². The number of hydrogen-bond donors (Lipinski definition) is 1. The first-order valence-electron chi connectivity index (χ1n) is 10.8. The summed E-state index contributed by atoms with van der Waals surface area (Å²) in [6.07, 6.45) is -5.69. The van der Waals surface area contributed by atoms with Crippen molar-refractivity contribution in [3.8, 4) is 23.4 Å². The van der Waals surface area contributed by atoms with Crippen LogP contribution in [0.1, 0.15) is 46.6 Å². The maximum atomic E-state index is 13.4. The molecule has 0 radical (unpaired) electrons. The summed E-state index contributed by atoms with van der Waals surface area (Å²) in [4.78, 5) is 26.3. The van der Waals surface area contributed by atoms with Gasteiger partial charge >= 0.3 is 6.18 Å². The summed E-state index contributed by atoms with van der Waals surface area (Å²) in [5.74, 6) is -0.902. The maximum absolute atomic E-state index is 13.4. The van der Waals surface area contributed by atoms with Gasteiger partial charge < -0.3 is 10.2 Å². The standard InChI is InChI=1S/C25H19F3N6O2/c1-15(35)31-21-8-18(12-30)6-7-20(21)22-9-23-24(36)33(13-17-4-2-16(11-29)3-5-17)14-19(34(23)32-22)10-25(26,27)28/h2-9,19H,10,13-14H2,1H3,(H,31,35). The van der Waals surface area contributed by atoms with E-state index in [9.17, 15) is 28.0 Å². The third-order valence-electron chi connectivity index (χ3n) is 5.68. The molecular weight excluding hydrogens is 473 g/mol. The number of alkyl halides is 3. The Morgan fingerprint density at radius 1 is 1.11 bits per heavy atom. The summed E-state index contributed by atoms with van der Waals surface area (Å²) in [6.45, 7) is 1.14. The molecule has 0 aliphatic carbocycles. The highest BCUT2D eigenvalue weighted by molar-refractivity contribution is 5.97. The minimum Gasteiger partial charge on any atom is -0.331 e. The second-order valence-corrected chi connectivity index (χ2v) is 8.38. The number of fused-ring (bicyclic) bond motifs is 1. The normalized spacial score (nSPS) is 15.1. The number of aromatic nitrogens is 2. The molecule has 2 aromatic carbocycles. The van der Waals surface area contributed by atoms with Crippen molar-refractivity contribution in [2.24, 2.45) is 0 Å². The first-order valence-corrected chi connectivity index (χ1v) is 10.8. The summed E-state index contributed by atoms with van der Waals surface area (Å²) in [6, 6.07) is 15.1. The average molecular weight is 492 g/mol. The van der Waals surface area contributed by atoms with Gasteiger partial charge in [-0.1, -0.05) is 12.1 Å². The zero-order valence-electron chi connectivity index (χ0n) is 19.0. The van der Waals surface area contributed by atoms with E-state index in [2.05, 4.69) is 10.4 Å². The SMILES string of the molecule is CC(=O)Nc1cc(C#N)ccc1-c1cc2n(n1)C(CC(F)(F)F)CN(Cc1ccc(C#N)cc1)C2=O. The van der Waals surface area contributed by atoms with Crippen LogP contribution in [-0.2, 0) is 11.3 Å². The number of anilines is 1. The molecule has 1 aliphatic rings. The molecular formula is C25H19F3N6O2. The van der Waals surface area contributed by atoms with E-state index < -0.39 is 30.5 Å². The van der Waals surface area contributed by atoms with Gasteiger partial charge in [-0.2, -0.15) is 28.8 Å². The number of rotatable bonds is 5. The van der Waals surface area contributed by atoms with Crippen LogP contribution in [-0.4, -0.2) is 39.2 Å². The minimum absolute atomic E-state index is 0.0164. The Morgan fingerprint density at radius 3 is 2.39 bits per heavy atom. The summed E-state index contributed by atoms with van der Waals surface area (Å²) >= 11 is 0. The smallest absolute Gasteiger partial charge is 0.331 e. The van der Waals surface area contributed by atoms with Crippen LogP contribution >= 0.6 is 0 Å². The molecule has 2 heterocycles. The van der Waals surface area contributed by atoms with Crippen molar-refractivity contribution in [3.63, 3.8) is 0 Å². The molecule has 2 amide bonds. The lowest BCUT2D eigenvalue weighted by molar-refractivity contribution is -0.145. The first-order chi connectivity index (χ1) is 17.1. The molecule has 8 nitrogen and oxygen atoms in total. The van der Waals surface area contributed by atoms with Crippen LogP contribution in [0.5, 0.6) is 0 Å². The van der Waals surface area contributed by atoms with Crippen LogP contribution in [0.3, 0.4) is 0 Å². The van der Waals surface area contributed by atoms with Crippen LogP contribution in [0.2, 0.25) is 0 Å². The van der Waals surface area contributed by atoms with Gasteiger partial charge in [0.05, 0.1) is 47.1 Å². The molecule has 11 heteroatoms. The molecule has 0 spiro atoms. The van der Waals surface area contributed by atoms with Gasteiger partial charge in [0.2, 0.25) is 5.91 Å². The highest BCUT2D eigenvalue weighted by Gasteiger charge is 2.40. The summed E-state index contributed by atoms with van der Waals surface area (Å²) < 4.78 is 41.4. The number of amides is 2. The van der Waals surface area contributed by atoms with Crippen LogP contribution < -0.4 is 5.32 Å². The predicted octanol–water partition coefficient (Wildman–Crippen LogP) is 4.40. The van der Waals surface area contributed by atoms with Crippen LogP contribution in [0, 0.1) is 22.7 Å². The van der Waals surface area contributed by atoms with Crippen LogP contribution in [0.15, 0.2) is 48.5 Å². The van der Waals surface area contributed by atoms with Crippen molar-refractivity contribution >= 4 is 17.5 Å². The third-order valence-corrected chi connectivity index (χ3v) is 5.68. The highest BCUT2D eigenvalue weighted by atomic mass is 19.4. The van der Waals surface area contributed by atoms with Gasteiger partial charge in [-0.3, -0.25) is 14.3 Å². The van der Waals surface area contributed by atoms with Crippen LogP contribution in [0.25, 0.3) is 11.3 Å². The Balaban J connectivity index is 1.75. The van der Waals surface area contributed by atoms with Gasteiger partial charge in [0.15, 0.2) is 0 Å². The zero-order valence-corrected chi connectivity index (χ0v) is 19.0. The predicted molar refractivity (Wildman–Crippen MR) is 122 cm³/mol. The van der Waals surface area contributed by atoms with Crippen molar-refractivity contribution in [3.05, 3.63) is 70.9 Å². The lowest BCUT2D eigenvalue weighted by atomic mass is 10.0. The van der Waals surface area contributed by atoms with Gasteiger partial charge in [0, 0.05) is 25.6 Å². The number of nitriles is 2. The Kier molecular flexibility index (Phi) is 6.49. The van der Waals surface area contributed by atoms with E-state index in [0.717, 1.165) is 4.68 Å². The van der Waals surface area contributed by atoms with E-state index in [-0.39, 0.29) is 35.7 Å². The summed E-state index contributed by atoms with van der Waals surface area (Å²) in [5, 5.41) is 25.1.